The van der Waals surface area contributed by atoms with Crippen LogP contribution >= 0.6 is 0 Å². The molecule has 2 unspecified atom stereocenters. The Hall–Kier alpha value is -3.62. The van der Waals surface area contributed by atoms with Gasteiger partial charge >= 0.3 is 5.97 Å². The monoisotopic (exact) mass is 462 g/mol. The van der Waals surface area contributed by atoms with E-state index in [1.54, 1.807) is 6.20 Å². The van der Waals surface area contributed by atoms with Crippen LogP contribution in [-0.2, 0) is 11.2 Å². The highest BCUT2D eigenvalue weighted by atomic mass is 19.1. The lowest BCUT2D eigenvalue weighted by Crippen LogP contribution is -2.35. The van der Waals surface area contributed by atoms with Gasteiger partial charge in [0.25, 0.3) is 0 Å². The van der Waals surface area contributed by atoms with E-state index in [-0.39, 0.29) is 6.04 Å². The Balaban J connectivity index is 1.42. The lowest BCUT2D eigenvalue weighted by Gasteiger charge is -2.36. The summed E-state index contributed by atoms with van der Waals surface area (Å²) in [5.41, 5.74) is 2.91. The molecular formula is C25H27FN6O2. The van der Waals surface area contributed by atoms with Crippen molar-refractivity contribution < 1.29 is 14.3 Å². The van der Waals surface area contributed by atoms with Gasteiger partial charge in [-0.15, -0.1) is 0 Å². The Kier molecular flexibility index (Phi) is 5.42. The lowest BCUT2D eigenvalue weighted by atomic mass is 9.82. The number of carbonyl (C=O) groups is 1. The molecule has 5 rings (SSSR count). The van der Waals surface area contributed by atoms with Crippen LogP contribution in [0, 0.1) is 17.3 Å². The zero-order valence-corrected chi connectivity index (χ0v) is 19.4. The molecule has 0 radical (unpaired) electrons. The van der Waals surface area contributed by atoms with Gasteiger partial charge < -0.3 is 14.9 Å². The Morgan fingerprint density at radius 2 is 2.03 bits per heavy atom. The molecule has 0 bridgehead atoms. The third-order valence-corrected chi connectivity index (χ3v) is 6.97. The molecule has 5 heterocycles. The van der Waals surface area contributed by atoms with E-state index in [0.29, 0.717) is 43.4 Å². The van der Waals surface area contributed by atoms with Crippen LogP contribution in [-0.4, -0.2) is 50.6 Å². The van der Waals surface area contributed by atoms with Gasteiger partial charge in [-0.25, -0.2) is 15.0 Å². The molecule has 2 aliphatic rings. The van der Waals surface area contributed by atoms with Gasteiger partial charge in [-0.3, -0.25) is 9.78 Å². The fourth-order valence-corrected chi connectivity index (χ4v) is 5.04. The molecule has 2 aliphatic heterocycles. The Bertz CT molecular complexity index is 1240. The first-order valence-corrected chi connectivity index (χ1v) is 11.4. The van der Waals surface area contributed by atoms with Crippen LogP contribution in [0.25, 0.3) is 11.5 Å². The van der Waals surface area contributed by atoms with Crippen LogP contribution in [0.4, 0.5) is 15.9 Å². The van der Waals surface area contributed by atoms with E-state index in [1.807, 2.05) is 56.1 Å². The number of aliphatic carboxylic acids is 1. The average molecular weight is 463 g/mol. The van der Waals surface area contributed by atoms with Crippen LogP contribution in [0.2, 0.25) is 0 Å². The van der Waals surface area contributed by atoms with Crippen molar-refractivity contribution in [1.29, 1.82) is 0 Å². The molecular weight excluding hydrogens is 435 g/mol. The summed E-state index contributed by atoms with van der Waals surface area (Å²) in [6, 6.07) is 8.79. The molecule has 2 atom stereocenters. The maximum absolute atomic E-state index is 14.6. The van der Waals surface area contributed by atoms with Crippen LogP contribution in [0.15, 0.2) is 42.7 Å². The molecule has 3 aromatic heterocycles. The van der Waals surface area contributed by atoms with E-state index in [4.69, 9.17) is 4.98 Å². The molecule has 1 saturated heterocycles. The van der Waals surface area contributed by atoms with Crippen molar-refractivity contribution in [2.24, 2.45) is 11.3 Å². The number of anilines is 2. The predicted molar refractivity (Wildman–Crippen MR) is 126 cm³/mol. The van der Waals surface area contributed by atoms with Gasteiger partial charge in [-0.1, -0.05) is 19.9 Å². The molecule has 3 aromatic rings. The van der Waals surface area contributed by atoms with Gasteiger partial charge in [0.1, 0.15) is 11.5 Å². The van der Waals surface area contributed by atoms with Crippen molar-refractivity contribution in [3.8, 4) is 11.5 Å². The second-order valence-electron chi connectivity index (χ2n) is 9.70. The summed E-state index contributed by atoms with van der Waals surface area (Å²) < 4.78 is 14.6. The number of carboxylic acids is 1. The van der Waals surface area contributed by atoms with Gasteiger partial charge in [-0.2, -0.15) is 4.39 Å². The van der Waals surface area contributed by atoms with Gasteiger partial charge in [-0.05, 0) is 24.5 Å². The fourth-order valence-electron chi connectivity index (χ4n) is 5.04. The number of nitrogens with zero attached hydrogens (tertiary/aromatic N) is 6. The number of hydrogen-bond donors (Lipinski definition) is 1. The standard InChI is InChI=1S/C25H27FN6O2/c1-15-17-12-28-23(20-6-4-5-8-27-20)29-19(17)7-9-32(15)22-11-16(10-21(26)30-22)31-13-18(24(33)34)25(2,3)14-31/h4-6,8,10-12,15,18H,7,9,13-14H2,1-3H3,(H,33,34). The number of hydrogen-bond acceptors (Lipinski definition) is 7. The van der Waals surface area contributed by atoms with Crippen molar-refractivity contribution in [3.05, 3.63) is 59.9 Å². The molecule has 34 heavy (non-hydrogen) atoms. The summed E-state index contributed by atoms with van der Waals surface area (Å²) in [4.78, 5) is 33.5. The van der Waals surface area contributed by atoms with Crippen molar-refractivity contribution in [2.45, 2.75) is 33.2 Å². The molecule has 1 N–H and O–H groups in total. The molecule has 0 spiro atoms. The van der Waals surface area contributed by atoms with Crippen molar-refractivity contribution in [2.75, 3.05) is 29.4 Å². The smallest absolute Gasteiger partial charge is 0.308 e. The summed E-state index contributed by atoms with van der Waals surface area (Å²) in [5.74, 6) is -0.801. The van der Waals surface area contributed by atoms with E-state index in [2.05, 4.69) is 19.9 Å². The molecule has 8 nitrogen and oxygen atoms in total. The predicted octanol–water partition coefficient (Wildman–Crippen LogP) is 3.74. The molecule has 0 saturated carbocycles. The SMILES string of the molecule is CC1c2cnc(-c3ccccn3)nc2CCN1c1cc(N2CC(C(=O)O)C(C)(C)C2)cc(F)n1. The first kappa shape index (κ1) is 22.2. The largest absolute Gasteiger partial charge is 0.481 e. The average Bonchev–Trinajstić information content (AvgIpc) is 3.15. The quantitative estimate of drug-likeness (QED) is 0.586. The maximum atomic E-state index is 14.6. The highest BCUT2D eigenvalue weighted by molar-refractivity contribution is 5.73. The molecule has 0 amide bonds. The maximum Gasteiger partial charge on any atom is 0.308 e. The Labute approximate surface area is 197 Å². The lowest BCUT2D eigenvalue weighted by molar-refractivity contribution is -0.143. The highest BCUT2D eigenvalue weighted by Gasteiger charge is 2.44. The number of rotatable bonds is 4. The molecule has 1 fully saturated rings. The molecule has 9 heteroatoms. The van der Waals surface area contributed by atoms with Crippen LogP contribution in [0.3, 0.4) is 0 Å². The van der Waals surface area contributed by atoms with Crippen molar-refractivity contribution >= 4 is 17.5 Å². The fraction of sp³-hybridized carbons (Fsp3) is 0.400. The zero-order valence-electron chi connectivity index (χ0n) is 19.4. The van der Waals surface area contributed by atoms with Crippen LogP contribution in [0.5, 0.6) is 0 Å². The van der Waals surface area contributed by atoms with E-state index in [0.717, 1.165) is 17.0 Å². The number of aromatic nitrogens is 4. The van der Waals surface area contributed by atoms with Gasteiger partial charge in [0.05, 0.1) is 17.7 Å². The van der Waals surface area contributed by atoms with E-state index >= 15 is 0 Å². The van der Waals surface area contributed by atoms with E-state index in [9.17, 15) is 14.3 Å². The molecule has 0 aromatic carbocycles. The topological polar surface area (TPSA) is 95.3 Å². The zero-order chi connectivity index (χ0) is 24.0. The summed E-state index contributed by atoms with van der Waals surface area (Å²) in [7, 11) is 0. The van der Waals surface area contributed by atoms with E-state index < -0.39 is 23.2 Å². The number of pyridine rings is 2. The van der Waals surface area contributed by atoms with Gasteiger partial charge in [0.2, 0.25) is 5.95 Å². The summed E-state index contributed by atoms with van der Waals surface area (Å²) >= 11 is 0. The van der Waals surface area contributed by atoms with E-state index in [1.165, 1.54) is 6.07 Å². The minimum Gasteiger partial charge on any atom is -0.481 e. The summed E-state index contributed by atoms with van der Waals surface area (Å²) in [6.45, 7) is 7.42. The summed E-state index contributed by atoms with van der Waals surface area (Å²) in [6.07, 6.45) is 4.22. The van der Waals surface area contributed by atoms with Gasteiger partial charge in [0.15, 0.2) is 5.82 Å². The number of fused-ring (bicyclic) bond motifs is 1. The minimum atomic E-state index is -0.825. The second kappa shape index (κ2) is 8.30. The minimum absolute atomic E-state index is 0.0922. The highest BCUT2D eigenvalue weighted by Crippen LogP contribution is 2.40. The first-order valence-electron chi connectivity index (χ1n) is 11.4. The molecule has 176 valence electrons. The van der Waals surface area contributed by atoms with Gasteiger partial charge in [0, 0.05) is 61.8 Å². The third kappa shape index (κ3) is 3.95. The summed E-state index contributed by atoms with van der Waals surface area (Å²) in [5, 5.41) is 9.61. The third-order valence-electron chi connectivity index (χ3n) is 6.97. The second-order valence-corrected chi connectivity index (χ2v) is 9.70. The molecule has 0 aliphatic carbocycles. The van der Waals surface area contributed by atoms with Crippen molar-refractivity contribution in [1.82, 2.24) is 19.9 Å². The van der Waals surface area contributed by atoms with Crippen molar-refractivity contribution in [3.63, 3.8) is 0 Å². The van der Waals surface area contributed by atoms with Crippen LogP contribution in [0.1, 0.15) is 38.1 Å². The normalized spacial score (nSPS) is 21.4. The Morgan fingerprint density at radius 1 is 1.21 bits per heavy atom. The number of halogens is 1. The van der Waals surface area contributed by atoms with Crippen LogP contribution < -0.4 is 9.80 Å². The first-order chi connectivity index (χ1) is 16.2. The Morgan fingerprint density at radius 3 is 2.74 bits per heavy atom. The number of carboxylic acid groups (broad SMARTS) is 1.